The van der Waals surface area contributed by atoms with Crippen molar-refractivity contribution < 1.29 is 18.7 Å². The van der Waals surface area contributed by atoms with E-state index in [1.165, 1.54) is 18.6 Å². The number of hydrogen-bond acceptors (Lipinski definition) is 3. The minimum absolute atomic E-state index is 0.0591. The van der Waals surface area contributed by atoms with Gasteiger partial charge in [0.15, 0.2) is 5.79 Å². The Balaban J connectivity index is 1.52. The topological polar surface area (TPSA) is 47.6 Å². The molecule has 21 heavy (non-hydrogen) atoms. The highest BCUT2D eigenvalue weighted by Crippen LogP contribution is 2.37. The average Bonchev–Trinajstić information content (AvgIpc) is 2.89. The summed E-state index contributed by atoms with van der Waals surface area (Å²) >= 11 is 0. The Kier molecular flexibility index (Phi) is 4.22. The van der Waals surface area contributed by atoms with E-state index < -0.39 is 17.5 Å². The molecular weight excluding hydrogens is 273 g/mol. The molecule has 0 radical (unpaired) electrons. The number of nitrogens with one attached hydrogen (secondary N) is 1. The van der Waals surface area contributed by atoms with E-state index in [0.29, 0.717) is 13.2 Å². The molecule has 1 heterocycles. The summed E-state index contributed by atoms with van der Waals surface area (Å²) in [6, 6.07) is 5.96. The van der Waals surface area contributed by atoms with E-state index in [4.69, 9.17) is 9.47 Å². The molecule has 1 aromatic carbocycles. The van der Waals surface area contributed by atoms with Gasteiger partial charge in [0.1, 0.15) is 11.9 Å². The number of hydrogen-bond donors (Lipinski definition) is 1. The Labute approximate surface area is 123 Å². The normalized spacial score (nSPS) is 24.1. The Morgan fingerprint density at radius 1 is 1.29 bits per heavy atom. The summed E-state index contributed by atoms with van der Waals surface area (Å²) in [6.07, 6.45) is 5.15. The van der Waals surface area contributed by atoms with Crippen molar-refractivity contribution in [1.82, 2.24) is 5.32 Å². The molecule has 1 saturated heterocycles. The Bertz CT molecular complexity index is 514. The molecule has 1 saturated carbocycles. The van der Waals surface area contributed by atoms with E-state index in [0.717, 1.165) is 25.7 Å². The highest BCUT2D eigenvalue weighted by atomic mass is 19.1. The van der Waals surface area contributed by atoms with Crippen molar-refractivity contribution in [3.8, 4) is 0 Å². The molecule has 3 rings (SSSR count). The molecule has 2 aliphatic rings. The lowest BCUT2D eigenvalue weighted by Crippen LogP contribution is -2.37. The van der Waals surface area contributed by atoms with Crippen LogP contribution in [0.3, 0.4) is 0 Å². The van der Waals surface area contributed by atoms with Crippen LogP contribution in [0.25, 0.3) is 0 Å². The lowest BCUT2D eigenvalue weighted by Gasteiger charge is -2.31. The highest BCUT2D eigenvalue weighted by molar-refractivity contribution is 5.94. The predicted octanol–water partition coefficient (Wildman–Crippen LogP) is 2.63. The molecule has 0 aromatic heterocycles. The zero-order chi connectivity index (χ0) is 14.7. The molecule has 1 atom stereocenters. The second-order valence-corrected chi connectivity index (χ2v) is 5.71. The van der Waals surface area contributed by atoms with Crippen LogP contribution >= 0.6 is 0 Å². The van der Waals surface area contributed by atoms with Crippen molar-refractivity contribution in [2.45, 2.75) is 44.0 Å². The minimum Gasteiger partial charge on any atom is -0.349 e. The molecule has 114 valence electrons. The van der Waals surface area contributed by atoms with Gasteiger partial charge in [-0.05, 0) is 25.0 Å². The first kappa shape index (κ1) is 14.5. The third kappa shape index (κ3) is 3.24. The molecule has 1 amide bonds. The number of benzene rings is 1. The maximum Gasteiger partial charge on any atom is 0.254 e. The van der Waals surface area contributed by atoms with Crippen molar-refractivity contribution in [2.24, 2.45) is 0 Å². The van der Waals surface area contributed by atoms with Crippen LogP contribution in [0.2, 0.25) is 0 Å². The molecule has 0 bridgehead atoms. The molecule has 5 heteroatoms. The first-order valence-electron chi connectivity index (χ1n) is 7.53. The third-order valence-electron chi connectivity index (χ3n) is 4.14. The molecule has 1 spiro atoms. The van der Waals surface area contributed by atoms with Gasteiger partial charge in [-0.2, -0.15) is 0 Å². The number of halogens is 1. The van der Waals surface area contributed by atoms with E-state index in [-0.39, 0.29) is 11.7 Å². The number of amides is 1. The fraction of sp³-hybridized carbons (Fsp3) is 0.562. The number of carbonyl (C=O) groups is 1. The van der Waals surface area contributed by atoms with Crippen molar-refractivity contribution in [3.63, 3.8) is 0 Å². The van der Waals surface area contributed by atoms with Gasteiger partial charge in [0.05, 0.1) is 12.2 Å². The van der Waals surface area contributed by atoms with E-state index in [1.54, 1.807) is 12.1 Å². The molecular formula is C16H20FNO3. The summed E-state index contributed by atoms with van der Waals surface area (Å²) in [5.41, 5.74) is 0.0591. The SMILES string of the molecule is O=C(NC[C@H]1COC2(CCCCC2)O1)c1ccccc1F. The summed E-state index contributed by atoms with van der Waals surface area (Å²) in [5.74, 6) is -1.37. The fourth-order valence-electron chi connectivity index (χ4n) is 3.02. The Morgan fingerprint density at radius 3 is 2.81 bits per heavy atom. The number of carbonyl (C=O) groups excluding carboxylic acids is 1. The summed E-state index contributed by atoms with van der Waals surface area (Å²) in [4.78, 5) is 11.9. The summed E-state index contributed by atoms with van der Waals surface area (Å²) in [7, 11) is 0. The van der Waals surface area contributed by atoms with Crippen LogP contribution in [-0.4, -0.2) is 30.9 Å². The van der Waals surface area contributed by atoms with Gasteiger partial charge in [0.25, 0.3) is 5.91 Å². The smallest absolute Gasteiger partial charge is 0.254 e. The first-order chi connectivity index (χ1) is 10.2. The van der Waals surface area contributed by atoms with Gasteiger partial charge in [0, 0.05) is 19.4 Å². The summed E-state index contributed by atoms with van der Waals surface area (Å²) < 4.78 is 25.3. The van der Waals surface area contributed by atoms with Crippen LogP contribution in [-0.2, 0) is 9.47 Å². The van der Waals surface area contributed by atoms with Crippen molar-refractivity contribution in [2.75, 3.05) is 13.2 Å². The number of rotatable bonds is 3. The van der Waals surface area contributed by atoms with Gasteiger partial charge in [-0.1, -0.05) is 18.6 Å². The van der Waals surface area contributed by atoms with Gasteiger partial charge in [-0.3, -0.25) is 4.79 Å². The first-order valence-corrected chi connectivity index (χ1v) is 7.53. The fourth-order valence-corrected chi connectivity index (χ4v) is 3.02. The van der Waals surface area contributed by atoms with E-state index in [2.05, 4.69) is 5.32 Å². The average molecular weight is 293 g/mol. The molecule has 1 aliphatic heterocycles. The summed E-state index contributed by atoms with van der Waals surface area (Å²) in [5, 5.41) is 2.72. The van der Waals surface area contributed by atoms with Gasteiger partial charge in [-0.25, -0.2) is 4.39 Å². The van der Waals surface area contributed by atoms with Crippen molar-refractivity contribution in [3.05, 3.63) is 35.6 Å². The largest absolute Gasteiger partial charge is 0.349 e. The zero-order valence-electron chi connectivity index (χ0n) is 11.9. The predicted molar refractivity (Wildman–Crippen MR) is 75.4 cm³/mol. The second-order valence-electron chi connectivity index (χ2n) is 5.71. The second kappa shape index (κ2) is 6.12. The lowest BCUT2D eigenvalue weighted by atomic mass is 9.94. The molecule has 4 nitrogen and oxygen atoms in total. The molecule has 1 aromatic rings. The number of ether oxygens (including phenoxy) is 2. The van der Waals surface area contributed by atoms with Crippen molar-refractivity contribution in [1.29, 1.82) is 0 Å². The zero-order valence-corrected chi connectivity index (χ0v) is 11.9. The maximum atomic E-state index is 13.5. The van der Waals surface area contributed by atoms with Crippen LogP contribution in [0, 0.1) is 5.82 Å². The van der Waals surface area contributed by atoms with Crippen LogP contribution in [0.15, 0.2) is 24.3 Å². The van der Waals surface area contributed by atoms with Gasteiger partial charge >= 0.3 is 0 Å². The molecule has 1 N–H and O–H groups in total. The molecule has 1 aliphatic carbocycles. The lowest BCUT2D eigenvalue weighted by molar-refractivity contribution is -0.186. The third-order valence-corrected chi connectivity index (χ3v) is 4.14. The van der Waals surface area contributed by atoms with Crippen LogP contribution in [0.1, 0.15) is 42.5 Å². The monoisotopic (exact) mass is 293 g/mol. The van der Waals surface area contributed by atoms with Gasteiger partial charge in [-0.15, -0.1) is 0 Å². The van der Waals surface area contributed by atoms with E-state index in [1.807, 2.05) is 0 Å². The minimum atomic E-state index is -0.512. The highest BCUT2D eigenvalue weighted by Gasteiger charge is 2.42. The Morgan fingerprint density at radius 2 is 2.05 bits per heavy atom. The Hall–Kier alpha value is -1.46. The quantitative estimate of drug-likeness (QED) is 0.932. The standard InChI is InChI=1S/C16H20FNO3/c17-14-7-3-2-6-13(14)15(19)18-10-12-11-20-16(21-12)8-4-1-5-9-16/h2-3,6-7,12H,1,4-5,8-11H2,(H,18,19)/t12-/m0/s1. The van der Waals surface area contributed by atoms with Crippen LogP contribution < -0.4 is 5.32 Å². The van der Waals surface area contributed by atoms with E-state index >= 15 is 0 Å². The van der Waals surface area contributed by atoms with Crippen molar-refractivity contribution >= 4 is 5.91 Å². The van der Waals surface area contributed by atoms with Gasteiger partial charge < -0.3 is 14.8 Å². The van der Waals surface area contributed by atoms with Crippen LogP contribution in [0.4, 0.5) is 4.39 Å². The maximum absolute atomic E-state index is 13.5. The van der Waals surface area contributed by atoms with E-state index in [9.17, 15) is 9.18 Å². The molecule has 2 fully saturated rings. The molecule has 0 unspecified atom stereocenters. The van der Waals surface area contributed by atoms with Crippen LogP contribution in [0.5, 0.6) is 0 Å². The summed E-state index contributed by atoms with van der Waals surface area (Å²) in [6.45, 7) is 0.826. The van der Waals surface area contributed by atoms with Gasteiger partial charge in [0.2, 0.25) is 0 Å².